The molecule has 0 aromatic heterocycles. The van der Waals surface area contributed by atoms with Crippen molar-refractivity contribution < 1.29 is 9.90 Å². The van der Waals surface area contributed by atoms with Crippen LogP contribution in [0.1, 0.15) is 17.5 Å². The van der Waals surface area contributed by atoms with E-state index in [-0.39, 0.29) is 18.8 Å². The molecule has 1 heterocycles. The van der Waals surface area contributed by atoms with Crippen molar-refractivity contribution in [3.05, 3.63) is 35.4 Å². The molecule has 0 radical (unpaired) electrons. The van der Waals surface area contributed by atoms with Crippen LogP contribution in [0.15, 0.2) is 24.3 Å². The molecule has 0 saturated carbocycles. The predicted octanol–water partition coefficient (Wildman–Crippen LogP) is 1.94. The van der Waals surface area contributed by atoms with Crippen LogP contribution in [0.4, 0.5) is 0 Å². The zero-order chi connectivity index (χ0) is 10.7. The molecule has 1 aromatic carbocycles. The highest BCUT2D eigenvalue weighted by Gasteiger charge is 2.15. The lowest BCUT2D eigenvalue weighted by atomic mass is 10.00. The summed E-state index contributed by atoms with van der Waals surface area (Å²) in [5.41, 5.74) is 2.75. The lowest BCUT2D eigenvalue weighted by molar-refractivity contribution is -0.137. The van der Waals surface area contributed by atoms with Crippen LogP contribution in [0.5, 0.6) is 0 Å². The summed E-state index contributed by atoms with van der Waals surface area (Å²) < 4.78 is 0. The van der Waals surface area contributed by atoms with Gasteiger partial charge in [-0.25, -0.2) is 0 Å². The highest BCUT2D eigenvalue weighted by molar-refractivity contribution is 5.85. The van der Waals surface area contributed by atoms with Crippen LogP contribution in [0.2, 0.25) is 0 Å². The van der Waals surface area contributed by atoms with Gasteiger partial charge in [-0.2, -0.15) is 0 Å². The molecule has 16 heavy (non-hydrogen) atoms. The van der Waals surface area contributed by atoms with Crippen molar-refractivity contribution in [3.8, 4) is 0 Å². The van der Waals surface area contributed by atoms with Crippen molar-refractivity contribution in [1.82, 2.24) is 4.90 Å². The van der Waals surface area contributed by atoms with Gasteiger partial charge in [0.15, 0.2) is 0 Å². The topological polar surface area (TPSA) is 40.5 Å². The Kier molecular flexibility index (Phi) is 4.77. The molecule has 0 aliphatic carbocycles. The lowest BCUT2D eigenvalue weighted by Gasteiger charge is -2.28. The van der Waals surface area contributed by atoms with E-state index in [2.05, 4.69) is 23.1 Å². The van der Waals surface area contributed by atoms with E-state index in [0.29, 0.717) is 6.54 Å². The zero-order valence-electron chi connectivity index (χ0n) is 9.06. The van der Waals surface area contributed by atoms with Crippen LogP contribution in [0, 0.1) is 0 Å². The first-order chi connectivity index (χ1) is 7.25. The summed E-state index contributed by atoms with van der Waals surface area (Å²) in [6.07, 6.45) is 1.28. The third-order valence-electron chi connectivity index (χ3n) is 2.85. The quantitative estimate of drug-likeness (QED) is 0.879. The Hall–Kier alpha value is -1.06. The summed E-state index contributed by atoms with van der Waals surface area (Å²) in [5.74, 6) is -0.714. The van der Waals surface area contributed by atoms with E-state index in [0.717, 1.165) is 19.5 Å². The van der Waals surface area contributed by atoms with Gasteiger partial charge in [0.25, 0.3) is 0 Å². The van der Waals surface area contributed by atoms with E-state index < -0.39 is 5.97 Å². The Morgan fingerprint density at radius 1 is 1.31 bits per heavy atom. The fourth-order valence-corrected chi connectivity index (χ4v) is 2.00. The molecule has 88 valence electrons. The van der Waals surface area contributed by atoms with Crippen LogP contribution < -0.4 is 0 Å². The van der Waals surface area contributed by atoms with Gasteiger partial charge in [-0.05, 0) is 17.5 Å². The molecular formula is C12H16ClNO2. The third kappa shape index (κ3) is 3.22. The normalized spacial score (nSPS) is 15.0. The minimum absolute atomic E-state index is 0. The molecule has 0 atom stereocenters. The number of carboxylic acid groups (broad SMARTS) is 1. The number of rotatable bonds is 3. The molecule has 1 aliphatic rings. The molecule has 1 aromatic rings. The van der Waals surface area contributed by atoms with Gasteiger partial charge in [0, 0.05) is 19.6 Å². The summed E-state index contributed by atoms with van der Waals surface area (Å²) in [4.78, 5) is 12.7. The number of nitrogens with zero attached hydrogens (tertiary/aromatic N) is 1. The van der Waals surface area contributed by atoms with Crippen molar-refractivity contribution in [1.29, 1.82) is 0 Å². The van der Waals surface area contributed by atoms with Crippen LogP contribution in [-0.2, 0) is 17.8 Å². The lowest BCUT2D eigenvalue weighted by Crippen LogP contribution is -2.32. The number of aliphatic carboxylic acids is 1. The third-order valence-corrected chi connectivity index (χ3v) is 2.85. The molecule has 0 spiro atoms. The van der Waals surface area contributed by atoms with Crippen molar-refractivity contribution >= 4 is 18.4 Å². The van der Waals surface area contributed by atoms with Gasteiger partial charge in [0.2, 0.25) is 0 Å². The van der Waals surface area contributed by atoms with Gasteiger partial charge in [-0.15, -0.1) is 12.4 Å². The first kappa shape index (κ1) is 13.0. The monoisotopic (exact) mass is 241 g/mol. The second-order valence-electron chi connectivity index (χ2n) is 3.94. The maximum absolute atomic E-state index is 10.5. The first-order valence-corrected chi connectivity index (χ1v) is 5.26. The summed E-state index contributed by atoms with van der Waals surface area (Å²) in [7, 11) is 0. The average Bonchev–Trinajstić information content (AvgIpc) is 2.26. The Morgan fingerprint density at radius 2 is 2.00 bits per heavy atom. The SMILES string of the molecule is Cl.O=C(O)CCN1CCc2ccccc2C1. The van der Waals surface area contributed by atoms with Crippen LogP contribution in [0.3, 0.4) is 0 Å². The second-order valence-corrected chi connectivity index (χ2v) is 3.94. The highest BCUT2D eigenvalue weighted by Crippen LogP contribution is 2.18. The van der Waals surface area contributed by atoms with Gasteiger partial charge in [-0.1, -0.05) is 24.3 Å². The van der Waals surface area contributed by atoms with E-state index >= 15 is 0 Å². The number of carbonyl (C=O) groups is 1. The molecule has 0 fully saturated rings. The van der Waals surface area contributed by atoms with Gasteiger partial charge >= 0.3 is 5.97 Å². The Labute approximate surface area is 101 Å². The van der Waals surface area contributed by atoms with E-state index in [9.17, 15) is 4.79 Å². The molecular weight excluding hydrogens is 226 g/mol. The predicted molar refractivity (Wildman–Crippen MR) is 64.9 cm³/mol. The van der Waals surface area contributed by atoms with Gasteiger partial charge < -0.3 is 5.11 Å². The Bertz CT molecular complexity index is 368. The molecule has 1 N–H and O–H groups in total. The summed E-state index contributed by atoms with van der Waals surface area (Å²) in [6, 6.07) is 8.39. The fourth-order valence-electron chi connectivity index (χ4n) is 2.00. The van der Waals surface area contributed by atoms with Gasteiger partial charge in [-0.3, -0.25) is 9.69 Å². The van der Waals surface area contributed by atoms with Crippen LogP contribution in [0.25, 0.3) is 0 Å². The number of hydrogen-bond donors (Lipinski definition) is 1. The van der Waals surface area contributed by atoms with Gasteiger partial charge in [0.05, 0.1) is 6.42 Å². The van der Waals surface area contributed by atoms with Crippen LogP contribution >= 0.6 is 12.4 Å². The number of halogens is 1. The standard InChI is InChI=1S/C12H15NO2.ClH/c14-12(15)6-8-13-7-5-10-3-1-2-4-11(10)9-13;/h1-4H,5-9H2,(H,14,15);1H. The Balaban J connectivity index is 0.00000128. The fraction of sp³-hybridized carbons (Fsp3) is 0.417. The molecule has 0 saturated heterocycles. The van der Waals surface area contributed by atoms with Crippen molar-refractivity contribution in [2.24, 2.45) is 0 Å². The van der Waals surface area contributed by atoms with E-state index in [1.807, 2.05) is 6.07 Å². The first-order valence-electron chi connectivity index (χ1n) is 5.26. The van der Waals surface area contributed by atoms with Crippen LogP contribution in [-0.4, -0.2) is 29.1 Å². The summed E-state index contributed by atoms with van der Waals surface area (Å²) in [6.45, 7) is 2.53. The number of fused-ring (bicyclic) bond motifs is 1. The number of hydrogen-bond acceptors (Lipinski definition) is 2. The van der Waals surface area contributed by atoms with E-state index in [1.54, 1.807) is 0 Å². The Morgan fingerprint density at radius 3 is 2.69 bits per heavy atom. The smallest absolute Gasteiger partial charge is 0.304 e. The summed E-state index contributed by atoms with van der Waals surface area (Å²) >= 11 is 0. The molecule has 0 bridgehead atoms. The molecule has 3 nitrogen and oxygen atoms in total. The second kappa shape index (κ2) is 5.87. The maximum atomic E-state index is 10.5. The largest absolute Gasteiger partial charge is 0.481 e. The minimum atomic E-state index is -0.714. The molecule has 2 rings (SSSR count). The van der Waals surface area contributed by atoms with Gasteiger partial charge in [0.1, 0.15) is 0 Å². The molecule has 1 aliphatic heterocycles. The average molecular weight is 242 g/mol. The summed E-state index contributed by atoms with van der Waals surface area (Å²) in [5, 5.41) is 8.61. The van der Waals surface area contributed by atoms with Crippen molar-refractivity contribution in [2.45, 2.75) is 19.4 Å². The molecule has 0 amide bonds. The molecule has 0 unspecified atom stereocenters. The number of benzene rings is 1. The minimum Gasteiger partial charge on any atom is -0.481 e. The highest BCUT2D eigenvalue weighted by atomic mass is 35.5. The molecule has 4 heteroatoms. The zero-order valence-corrected chi connectivity index (χ0v) is 9.87. The number of carboxylic acids is 1. The maximum Gasteiger partial charge on any atom is 0.304 e. The van der Waals surface area contributed by atoms with E-state index in [1.165, 1.54) is 11.1 Å². The van der Waals surface area contributed by atoms with Crippen molar-refractivity contribution in [3.63, 3.8) is 0 Å². The van der Waals surface area contributed by atoms with Crippen molar-refractivity contribution in [2.75, 3.05) is 13.1 Å². The van der Waals surface area contributed by atoms with E-state index in [4.69, 9.17) is 5.11 Å².